The van der Waals surface area contributed by atoms with Crippen LogP contribution >= 0.6 is 0 Å². The topological polar surface area (TPSA) is 85.7 Å². The Kier molecular flexibility index (Phi) is 3.60. The van der Waals surface area contributed by atoms with Crippen molar-refractivity contribution >= 4 is 5.96 Å². The van der Waals surface area contributed by atoms with E-state index in [0.29, 0.717) is 6.54 Å². The number of benzene rings is 1. The molecule has 0 aliphatic heterocycles. The number of ether oxygens (including phenoxy) is 1. The van der Waals surface area contributed by atoms with Crippen molar-refractivity contribution in [2.75, 3.05) is 7.11 Å². The Morgan fingerprint density at radius 2 is 2.00 bits per heavy atom. The SMILES string of the molecule is COc1ccc(CNN=C(N)N)cc1. The number of guanidine groups is 1. The van der Waals surface area contributed by atoms with Crippen molar-refractivity contribution in [3.63, 3.8) is 0 Å². The summed E-state index contributed by atoms with van der Waals surface area (Å²) in [4.78, 5) is 0. The van der Waals surface area contributed by atoms with Gasteiger partial charge < -0.3 is 21.6 Å². The molecule has 0 aromatic heterocycles. The second-order valence-electron chi connectivity index (χ2n) is 2.72. The molecule has 5 heteroatoms. The summed E-state index contributed by atoms with van der Waals surface area (Å²) in [5.41, 5.74) is 14.1. The van der Waals surface area contributed by atoms with Crippen molar-refractivity contribution in [3.05, 3.63) is 29.8 Å². The van der Waals surface area contributed by atoms with E-state index in [1.807, 2.05) is 24.3 Å². The Labute approximate surface area is 82.7 Å². The summed E-state index contributed by atoms with van der Waals surface area (Å²) in [5.74, 6) is 0.856. The monoisotopic (exact) mass is 194 g/mol. The van der Waals surface area contributed by atoms with Gasteiger partial charge in [0.2, 0.25) is 5.96 Å². The van der Waals surface area contributed by atoms with Crippen LogP contribution in [0.15, 0.2) is 29.4 Å². The third-order valence-electron chi connectivity index (χ3n) is 1.65. The van der Waals surface area contributed by atoms with Crippen molar-refractivity contribution in [1.82, 2.24) is 5.43 Å². The lowest BCUT2D eigenvalue weighted by Crippen LogP contribution is -2.26. The van der Waals surface area contributed by atoms with Crippen LogP contribution in [0.1, 0.15) is 5.56 Å². The fourth-order valence-electron chi connectivity index (χ4n) is 0.965. The van der Waals surface area contributed by atoms with Crippen molar-refractivity contribution in [3.8, 4) is 5.75 Å². The Morgan fingerprint density at radius 1 is 1.36 bits per heavy atom. The van der Waals surface area contributed by atoms with Crippen molar-refractivity contribution in [1.29, 1.82) is 0 Å². The van der Waals surface area contributed by atoms with E-state index in [4.69, 9.17) is 16.2 Å². The molecule has 0 aliphatic rings. The first-order chi connectivity index (χ1) is 6.72. The maximum Gasteiger partial charge on any atom is 0.208 e. The highest BCUT2D eigenvalue weighted by Crippen LogP contribution is 2.10. The van der Waals surface area contributed by atoms with Gasteiger partial charge in [0.1, 0.15) is 5.75 Å². The van der Waals surface area contributed by atoms with Crippen LogP contribution in [0.25, 0.3) is 0 Å². The lowest BCUT2D eigenvalue weighted by molar-refractivity contribution is 0.414. The molecule has 0 heterocycles. The molecule has 0 bridgehead atoms. The lowest BCUT2D eigenvalue weighted by Gasteiger charge is -2.03. The van der Waals surface area contributed by atoms with Crippen LogP contribution in [0, 0.1) is 0 Å². The number of rotatable bonds is 4. The Morgan fingerprint density at radius 3 is 2.50 bits per heavy atom. The molecule has 1 aromatic rings. The molecule has 0 saturated carbocycles. The van der Waals surface area contributed by atoms with E-state index < -0.39 is 0 Å². The molecule has 0 saturated heterocycles. The molecule has 0 amide bonds. The van der Waals surface area contributed by atoms with Gasteiger partial charge in [0, 0.05) is 0 Å². The fourth-order valence-corrected chi connectivity index (χ4v) is 0.965. The summed E-state index contributed by atoms with van der Waals surface area (Å²) in [6.07, 6.45) is 0. The molecule has 5 N–H and O–H groups in total. The average molecular weight is 194 g/mol. The normalized spacial score (nSPS) is 9.21. The van der Waals surface area contributed by atoms with Gasteiger partial charge in [-0.25, -0.2) is 0 Å². The molecule has 5 nitrogen and oxygen atoms in total. The molecule has 0 unspecified atom stereocenters. The number of nitrogens with two attached hydrogens (primary N) is 2. The molecule has 1 rings (SSSR count). The van der Waals surface area contributed by atoms with E-state index in [1.165, 1.54) is 0 Å². The third-order valence-corrected chi connectivity index (χ3v) is 1.65. The highest BCUT2D eigenvalue weighted by molar-refractivity contribution is 5.75. The smallest absolute Gasteiger partial charge is 0.208 e. The van der Waals surface area contributed by atoms with Crippen LogP contribution in [0.4, 0.5) is 0 Å². The van der Waals surface area contributed by atoms with Crippen molar-refractivity contribution in [2.45, 2.75) is 6.54 Å². The van der Waals surface area contributed by atoms with Crippen molar-refractivity contribution < 1.29 is 4.74 Å². The van der Waals surface area contributed by atoms with Crippen LogP contribution in [0.2, 0.25) is 0 Å². The molecule has 1 aromatic carbocycles. The maximum absolute atomic E-state index is 5.15. The molecular weight excluding hydrogens is 180 g/mol. The highest BCUT2D eigenvalue weighted by Gasteiger charge is 1.92. The number of methoxy groups -OCH3 is 1. The molecular formula is C9H14N4O. The van der Waals surface area contributed by atoms with E-state index in [1.54, 1.807) is 7.11 Å². The molecule has 0 radical (unpaired) electrons. The summed E-state index contributed by atoms with van der Waals surface area (Å²) in [7, 11) is 1.63. The minimum atomic E-state index is 0.0264. The van der Waals surface area contributed by atoms with Gasteiger partial charge in [0.05, 0.1) is 13.7 Å². The van der Waals surface area contributed by atoms with Gasteiger partial charge in [-0.05, 0) is 17.7 Å². The molecule has 76 valence electrons. The Bertz CT molecular complexity index is 303. The summed E-state index contributed by atoms with van der Waals surface area (Å²) >= 11 is 0. The van der Waals surface area contributed by atoms with Gasteiger partial charge in [-0.15, -0.1) is 5.10 Å². The molecule has 0 atom stereocenters. The fraction of sp³-hybridized carbons (Fsp3) is 0.222. The van der Waals surface area contributed by atoms with E-state index >= 15 is 0 Å². The summed E-state index contributed by atoms with van der Waals surface area (Å²) in [6.45, 7) is 0.585. The van der Waals surface area contributed by atoms with Gasteiger partial charge >= 0.3 is 0 Å². The Hall–Kier alpha value is -1.91. The number of nitrogens with zero attached hydrogens (tertiary/aromatic N) is 1. The lowest BCUT2D eigenvalue weighted by atomic mass is 10.2. The van der Waals surface area contributed by atoms with Crippen molar-refractivity contribution in [2.24, 2.45) is 16.6 Å². The average Bonchev–Trinajstić information content (AvgIpc) is 2.18. The summed E-state index contributed by atoms with van der Waals surface area (Å²) in [6, 6.07) is 7.64. The van der Waals surface area contributed by atoms with E-state index in [-0.39, 0.29) is 5.96 Å². The second-order valence-corrected chi connectivity index (χ2v) is 2.72. The van der Waals surface area contributed by atoms with Crippen LogP contribution < -0.4 is 21.6 Å². The first-order valence-corrected chi connectivity index (χ1v) is 4.17. The third kappa shape index (κ3) is 3.22. The second kappa shape index (κ2) is 4.96. The Balaban J connectivity index is 2.48. The molecule has 0 aliphatic carbocycles. The minimum absolute atomic E-state index is 0.0264. The first kappa shape index (κ1) is 10.2. The van der Waals surface area contributed by atoms with Crippen LogP contribution in [0.5, 0.6) is 5.75 Å². The number of hydrogen-bond acceptors (Lipinski definition) is 3. The standard InChI is InChI=1S/C9H14N4O/c1-14-8-4-2-7(3-5-8)6-12-13-9(10)11/h2-5,12H,6H2,1H3,(H4,10,11,13). The highest BCUT2D eigenvalue weighted by atomic mass is 16.5. The van der Waals surface area contributed by atoms with Gasteiger partial charge in [-0.3, -0.25) is 0 Å². The predicted octanol–water partition coefficient (Wildman–Crippen LogP) is -0.0268. The van der Waals surface area contributed by atoms with Gasteiger partial charge in [0.15, 0.2) is 0 Å². The summed E-state index contributed by atoms with van der Waals surface area (Å²) in [5, 5.41) is 3.65. The quantitative estimate of drug-likeness (QED) is 0.357. The van der Waals surface area contributed by atoms with E-state index in [9.17, 15) is 0 Å². The molecule has 14 heavy (non-hydrogen) atoms. The first-order valence-electron chi connectivity index (χ1n) is 4.17. The van der Waals surface area contributed by atoms with Crippen LogP contribution in [-0.4, -0.2) is 13.1 Å². The zero-order chi connectivity index (χ0) is 10.4. The summed E-state index contributed by atoms with van der Waals surface area (Å²) < 4.78 is 5.02. The maximum atomic E-state index is 5.15. The molecule has 0 spiro atoms. The number of hydrogen-bond donors (Lipinski definition) is 3. The van der Waals surface area contributed by atoms with E-state index in [2.05, 4.69) is 10.5 Å². The van der Waals surface area contributed by atoms with Crippen LogP contribution in [-0.2, 0) is 6.54 Å². The van der Waals surface area contributed by atoms with Crippen LogP contribution in [0.3, 0.4) is 0 Å². The minimum Gasteiger partial charge on any atom is -0.497 e. The van der Waals surface area contributed by atoms with Gasteiger partial charge in [-0.1, -0.05) is 12.1 Å². The zero-order valence-corrected chi connectivity index (χ0v) is 8.03. The number of nitrogens with one attached hydrogen (secondary N) is 1. The molecule has 0 fully saturated rings. The zero-order valence-electron chi connectivity index (χ0n) is 8.03. The largest absolute Gasteiger partial charge is 0.497 e. The van der Waals surface area contributed by atoms with Gasteiger partial charge in [0.25, 0.3) is 0 Å². The number of hydrazone groups is 1. The predicted molar refractivity (Wildman–Crippen MR) is 55.6 cm³/mol. The van der Waals surface area contributed by atoms with Gasteiger partial charge in [-0.2, -0.15) is 0 Å². The van der Waals surface area contributed by atoms with E-state index in [0.717, 1.165) is 11.3 Å².